The molecule has 15 heavy (non-hydrogen) atoms. The van der Waals surface area contributed by atoms with Gasteiger partial charge in [0, 0.05) is 19.3 Å². The van der Waals surface area contributed by atoms with Crippen molar-refractivity contribution in [2.45, 2.75) is 58.6 Å². The molecule has 0 aliphatic heterocycles. The molecule has 0 radical (unpaired) electrons. The van der Waals surface area contributed by atoms with Crippen molar-refractivity contribution in [1.29, 1.82) is 0 Å². The maximum Gasteiger partial charge on any atom is 0.506 e. The molecule has 0 atom stereocenters. The predicted molar refractivity (Wildman–Crippen MR) is 64.9 cm³/mol. The molecule has 0 spiro atoms. The van der Waals surface area contributed by atoms with Crippen LogP contribution in [-0.4, -0.2) is 28.6 Å². The first-order valence-electron chi connectivity index (χ1n) is 5.44. The molecule has 3 nitrogen and oxygen atoms in total. The van der Waals surface area contributed by atoms with Gasteiger partial charge in [-0.2, -0.15) is 0 Å². The van der Waals surface area contributed by atoms with Gasteiger partial charge in [0.15, 0.2) is 0 Å². The quantitative estimate of drug-likeness (QED) is 0.684. The van der Waals surface area contributed by atoms with Gasteiger partial charge in [-0.1, -0.05) is 20.8 Å². The lowest BCUT2D eigenvalue weighted by molar-refractivity contribution is -0.000697. The zero-order chi connectivity index (χ0) is 12.3. The van der Waals surface area contributed by atoms with E-state index in [1.165, 1.54) is 0 Å². The smallest absolute Gasteiger partial charge is 0.377 e. The van der Waals surface area contributed by atoms with Gasteiger partial charge in [-0.15, -0.1) is 0 Å². The molecule has 0 aromatic rings. The van der Waals surface area contributed by atoms with E-state index in [-0.39, 0.29) is 10.6 Å². The Kier molecular flexibility index (Phi) is 4.98. The minimum absolute atomic E-state index is 0.0657. The Bertz CT molecular complexity index is 192. The highest BCUT2D eigenvalue weighted by atomic mass is 28.4. The summed E-state index contributed by atoms with van der Waals surface area (Å²) in [5, 5.41) is -0.0657. The Morgan fingerprint density at radius 3 is 1.53 bits per heavy atom. The Morgan fingerprint density at radius 1 is 0.933 bits per heavy atom. The fourth-order valence-electron chi connectivity index (χ4n) is 1.48. The molecule has 0 heterocycles. The average Bonchev–Trinajstić information content (AvgIpc) is 2.12. The van der Waals surface area contributed by atoms with Gasteiger partial charge < -0.3 is 13.3 Å². The summed E-state index contributed by atoms with van der Waals surface area (Å²) in [6.45, 7) is 12.5. The van der Waals surface area contributed by atoms with Gasteiger partial charge >= 0.3 is 8.80 Å². The molecule has 0 aliphatic rings. The van der Waals surface area contributed by atoms with Crippen LogP contribution >= 0.6 is 0 Å². The molecule has 0 N–H and O–H groups in total. The molecule has 0 aromatic heterocycles. The Labute approximate surface area is 95.5 Å². The first-order chi connectivity index (χ1) is 6.64. The van der Waals surface area contributed by atoms with Crippen LogP contribution in [-0.2, 0) is 13.3 Å². The SMILES string of the molecule is CCC(C)(C)[Si](OC)(OC)OC(C)(C)C. The first kappa shape index (κ1) is 15.1. The fraction of sp³-hybridized carbons (Fsp3) is 1.00. The van der Waals surface area contributed by atoms with Gasteiger partial charge in [-0.3, -0.25) is 0 Å². The Balaban J connectivity index is 5.05. The summed E-state index contributed by atoms with van der Waals surface area (Å²) in [4.78, 5) is 0. The first-order valence-corrected chi connectivity index (χ1v) is 7.17. The van der Waals surface area contributed by atoms with Crippen LogP contribution in [0.15, 0.2) is 0 Å². The highest BCUT2D eigenvalue weighted by Gasteiger charge is 2.55. The summed E-state index contributed by atoms with van der Waals surface area (Å²) < 4.78 is 17.3. The van der Waals surface area contributed by atoms with Gasteiger partial charge in [0.1, 0.15) is 0 Å². The summed E-state index contributed by atoms with van der Waals surface area (Å²) in [6, 6.07) is 0. The molecular weight excluding hydrogens is 208 g/mol. The van der Waals surface area contributed by atoms with E-state index in [2.05, 4.69) is 20.8 Å². The molecule has 0 aliphatic carbocycles. The largest absolute Gasteiger partial charge is 0.506 e. The Hall–Kier alpha value is 0.0969. The fourth-order valence-corrected chi connectivity index (χ4v) is 4.43. The van der Waals surface area contributed by atoms with Gasteiger partial charge in [0.05, 0.1) is 5.60 Å². The van der Waals surface area contributed by atoms with Crippen molar-refractivity contribution >= 4 is 8.80 Å². The van der Waals surface area contributed by atoms with Crippen molar-refractivity contribution < 1.29 is 13.3 Å². The van der Waals surface area contributed by atoms with Crippen LogP contribution in [0.1, 0.15) is 48.0 Å². The van der Waals surface area contributed by atoms with Crippen molar-refractivity contribution in [2.24, 2.45) is 0 Å². The van der Waals surface area contributed by atoms with Crippen molar-refractivity contribution in [1.82, 2.24) is 0 Å². The molecule has 0 bridgehead atoms. The van der Waals surface area contributed by atoms with E-state index in [0.29, 0.717) is 0 Å². The standard InChI is InChI=1S/C11H26O3Si/c1-9-11(5,6)15(12-7,13-8)14-10(2,3)4/h9H2,1-8H3. The third-order valence-corrected chi connectivity index (χ3v) is 6.66. The van der Waals surface area contributed by atoms with Gasteiger partial charge in [0.25, 0.3) is 0 Å². The van der Waals surface area contributed by atoms with E-state index in [9.17, 15) is 0 Å². The lowest BCUT2D eigenvalue weighted by Gasteiger charge is -2.42. The molecule has 0 saturated heterocycles. The number of rotatable bonds is 5. The van der Waals surface area contributed by atoms with Gasteiger partial charge in [-0.25, -0.2) is 0 Å². The summed E-state index contributed by atoms with van der Waals surface area (Å²) in [7, 11) is 0.752. The molecule has 0 amide bonds. The molecule has 4 heteroatoms. The maximum atomic E-state index is 6.07. The molecule has 0 rings (SSSR count). The molecule has 92 valence electrons. The lowest BCUT2D eigenvalue weighted by atomic mass is 10.1. The van der Waals surface area contributed by atoms with Crippen LogP contribution in [0, 0.1) is 0 Å². The minimum atomic E-state index is -2.61. The lowest BCUT2D eigenvalue weighted by Crippen LogP contribution is -2.56. The highest BCUT2D eigenvalue weighted by Crippen LogP contribution is 2.43. The minimum Gasteiger partial charge on any atom is -0.377 e. The van der Waals surface area contributed by atoms with Crippen molar-refractivity contribution in [3.8, 4) is 0 Å². The molecule has 0 unspecified atom stereocenters. The molecule has 0 fully saturated rings. The van der Waals surface area contributed by atoms with E-state index in [1.54, 1.807) is 14.2 Å². The second-order valence-corrected chi connectivity index (χ2v) is 8.90. The second-order valence-electron chi connectivity index (χ2n) is 5.42. The summed E-state index contributed by atoms with van der Waals surface area (Å²) in [5.74, 6) is 0. The number of hydrogen-bond acceptors (Lipinski definition) is 3. The van der Waals surface area contributed by atoms with E-state index >= 15 is 0 Å². The van der Waals surface area contributed by atoms with Gasteiger partial charge in [-0.05, 0) is 27.2 Å². The van der Waals surface area contributed by atoms with Gasteiger partial charge in [0.2, 0.25) is 0 Å². The van der Waals surface area contributed by atoms with Crippen molar-refractivity contribution in [2.75, 3.05) is 14.2 Å². The van der Waals surface area contributed by atoms with Crippen molar-refractivity contribution in [3.63, 3.8) is 0 Å². The van der Waals surface area contributed by atoms with E-state index < -0.39 is 8.80 Å². The zero-order valence-corrected chi connectivity index (χ0v) is 12.4. The maximum absolute atomic E-state index is 6.07. The molecular formula is C11H26O3Si. The Morgan fingerprint density at radius 2 is 1.33 bits per heavy atom. The molecule has 0 saturated carbocycles. The van der Waals surface area contributed by atoms with Crippen LogP contribution in [0.25, 0.3) is 0 Å². The topological polar surface area (TPSA) is 27.7 Å². The zero-order valence-electron chi connectivity index (χ0n) is 11.4. The van der Waals surface area contributed by atoms with Crippen LogP contribution in [0.2, 0.25) is 5.04 Å². The number of hydrogen-bond donors (Lipinski definition) is 0. The van der Waals surface area contributed by atoms with Crippen molar-refractivity contribution in [3.05, 3.63) is 0 Å². The average molecular weight is 234 g/mol. The van der Waals surface area contributed by atoms with E-state index in [1.807, 2.05) is 20.8 Å². The van der Waals surface area contributed by atoms with Crippen LogP contribution in [0.4, 0.5) is 0 Å². The predicted octanol–water partition coefficient (Wildman–Crippen LogP) is 3.22. The third kappa shape index (κ3) is 3.55. The summed E-state index contributed by atoms with van der Waals surface area (Å²) in [6.07, 6.45) is 0.969. The highest BCUT2D eigenvalue weighted by molar-refractivity contribution is 6.64. The van der Waals surface area contributed by atoms with E-state index in [0.717, 1.165) is 6.42 Å². The van der Waals surface area contributed by atoms with Crippen LogP contribution in [0.5, 0.6) is 0 Å². The monoisotopic (exact) mass is 234 g/mol. The molecule has 0 aromatic carbocycles. The van der Waals surface area contributed by atoms with E-state index in [4.69, 9.17) is 13.3 Å². The normalized spacial score (nSPS) is 14.4. The summed E-state index contributed by atoms with van der Waals surface area (Å²) >= 11 is 0. The summed E-state index contributed by atoms with van der Waals surface area (Å²) in [5.41, 5.74) is -0.245. The van der Waals surface area contributed by atoms with Crippen LogP contribution < -0.4 is 0 Å². The second kappa shape index (κ2) is 4.95. The third-order valence-electron chi connectivity index (χ3n) is 2.69. The van der Waals surface area contributed by atoms with Crippen LogP contribution in [0.3, 0.4) is 0 Å².